The summed E-state index contributed by atoms with van der Waals surface area (Å²) < 4.78 is 36.4. The van der Waals surface area contributed by atoms with Crippen LogP contribution in [0.25, 0.3) is 0 Å². The van der Waals surface area contributed by atoms with E-state index in [0.29, 0.717) is 12.8 Å². The number of rotatable bonds is 10. The van der Waals surface area contributed by atoms with Crippen molar-refractivity contribution in [3.05, 3.63) is 29.8 Å². The summed E-state index contributed by atoms with van der Waals surface area (Å²) >= 11 is 0. The number of hydrogen-bond acceptors (Lipinski definition) is 6. The molecule has 1 atom stereocenters. The summed E-state index contributed by atoms with van der Waals surface area (Å²) in [5.74, 6) is -0.955. The van der Waals surface area contributed by atoms with Crippen LogP contribution in [0.15, 0.2) is 29.2 Å². The van der Waals surface area contributed by atoms with Crippen LogP contribution in [0.2, 0.25) is 0 Å². The fourth-order valence-corrected chi connectivity index (χ4v) is 5.25. The van der Waals surface area contributed by atoms with Gasteiger partial charge in [-0.15, -0.1) is 0 Å². The molecule has 2 rings (SSSR count). The van der Waals surface area contributed by atoms with Crippen LogP contribution in [0.1, 0.15) is 78.2 Å². The topological polar surface area (TPSA) is 86.7 Å². The molecule has 1 unspecified atom stereocenters. The van der Waals surface area contributed by atoms with Gasteiger partial charge in [0.15, 0.2) is 0 Å². The van der Waals surface area contributed by atoms with Crippen LogP contribution < -0.4 is 0 Å². The predicted octanol–water partition coefficient (Wildman–Crippen LogP) is 4.98. The Morgan fingerprint density at radius 2 is 1.58 bits per heavy atom. The zero-order valence-electron chi connectivity index (χ0n) is 19.4. The van der Waals surface area contributed by atoms with Gasteiger partial charge in [-0.25, -0.2) is 0 Å². The molecule has 1 aromatic carbocycles. The van der Waals surface area contributed by atoms with Crippen molar-refractivity contribution in [2.45, 2.75) is 90.1 Å². The van der Waals surface area contributed by atoms with Crippen molar-refractivity contribution in [1.29, 1.82) is 0 Å². The van der Waals surface area contributed by atoms with Gasteiger partial charge in [0.2, 0.25) is 0 Å². The van der Waals surface area contributed by atoms with E-state index in [4.69, 9.17) is 8.92 Å². The number of carbonyl (C=O) groups excluding carboxylic acids is 2. The zero-order chi connectivity index (χ0) is 23.3. The smallest absolute Gasteiger partial charge is 0.322 e. The van der Waals surface area contributed by atoms with Gasteiger partial charge in [0.25, 0.3) is 10.1 Å². The lowest BCUT2D eigenvalue weighted by molar-refractivity contribution is -0.183. The van der Waals surface area contributed by atoms with Crippen LogP contribution >= 0.6 is 0 Å². The molecule has 0 radical (unpaired) electrons. The molecule has 7 heteroatoms. The summed E-state index contributed by atoms with van der Waals surface area (Å²) in [6, 6.07) is 6.21. The second-order valence-corrected chi connectivity index (χ2v) is 10.5. The van der Waals surface area contributed by atoms with E-state index in [0.717, 1.165) is 31.2 Å². The Morgan fingerprint density at radius 3 is 2.06 bits per heavy atom. The SMILES string of the molecule is CCC(CC)(OC(=O)C(C)(COS(=O)(=O)c1ccc(C)cc1)C(C)=O)C1CCCCC1. The lowest BCUT2D eigenvalue weighted by Gasteiger charge is -2.42. The van der Waals surface area contributed by atoms with Crippen LogP contribution in [0.3, 0.4) is 0 Å². The maximum atomic E-state index is 13.3. The largest absolute Gasteiger partial charge is 0.458 e. The first-order valence-corrected chi connectivity index (χ1v) is 12.6. The Bertz CT molecular complexity index is 864. The van der Waals surface area contributed by atoms with Crippen molar-refractivity contribution in [3.8, 4) is 0 Å². The Hall–Kier alpha value is -1.73. The van der Waals surface area contributed by atoms with Crippen molar-refractivity contribution < 1.29 is 26.9 Å². The minimum atomic E-state index is -4.11. The van der Waals surface area contributed by atoms with E-state index in [2.05, 4.69) is 0 Å². The van der Waals surface area contributed by atoms with Crippen LogP contribution in [0.4, 0.5) is 0 Å². The normalized spacial score (nSPS) is 17.7. The molecule has 0 aromatic heterocycles. The number of benzene rings is 1. The van der Waals surface area contributed by atoms with E-state index >= 15 is 0 Å². The van der Waals surface area contributed by atoms with Gasteiger partial charge in [0, 0.05) is 0 Å². The first-order chi connectivity index (χ1) is 14.5. The van der Waals surface area contributed by atoms with Crippen molar-refractivity contribution in [1.82, 2.24) is 0 Å². The average Bonchev–Trinajstić information content (AvgIpc) is 2.76. The van der Waals surface area contributed by atoms with Crippen LogP contribution in [0.5, 0.6) is 0 Å². The molecule has 0 N–H and O–H groups in total. The number of carbonyl (C=O) groups is 2. The molecule has 1 fully saturated rings. The van der Waals surface area contributed by atoms with Gasteiger partial charge in [0.05, 0.1) is 11.5 Å². The molecule has 0 heterocycles. The number of ketones is 1. The molecule has 0 spiro atoms. The highest BCUT2D eigenvalue weighted by Crippen LogP contribution is 2.41. The van der Waals surface area contributed by atoms with E-state index in [1.54, 1.807) is 12.1 Å². The summed E-state index contributed by atoms with van der Waals surface area (Å²) in [6.45, 7) is 7.91. The highest BCUT2D eigenvalue weighted by atomic mass is 32.2. The van der Waals surface area contributed by atoms with Crippen LogP contribution in [-0.2, 0) is 28.6 Å². The third-order valence-corrected chi connectivity index (χ3v) is 8.16. The number of esters is 1. The lowest BCUT2D eigenvalue weighted by Crippen LogP contribution is -2.49. The fraction of sp³-hybridized carbons (Fsp3) is 0.667. The van der Waals surface area contributed by atoms with Crippen molar-refractivity contribution in [3.63, 3.8) is 0 Å². The second-order valence-electron chi connectivity index (χ2n) is 8.91. The molecule has 174 valence electrons. The van der Waals surface area contributed by atoms with Gasteiger partial charge in [-0.1, -0.05) is 50.8 Å². The molecule has 0 amide bonds. The molecule has 1 aliphatic rings. The van der Waals surface area contributed by atoms with E-state index in [1.807, 2.05) is 20.8 Å². The molecule has 6 nitrogen and oxygen atoms in total. The first-order valence-electron chi connectivity index (χ1n) is 11.2. The maximum Gasteiger partial charge on any atom is 0.322 e. The highest BCUT2D eigenvalue weighted by Gasteiger charge is 2.47. The summed E-state index contributed by atoms with van der Waals surface area (Å²) in [6.07, 6.45) is 6.67. The van der Waals surface area contributed by atoms with Crippen LogP contribution in [-0.4, -0.2) is 32.4 Å². The molecule has 1 aromatic rings. The molecule has 31 heavy (non-hydrogen) atoms. The number of ether oxygens (including phenoxy) is 1. The quantitative estimate of drug-likeness (QED) is 0.283. The van der Waals surface area contributed by atoms with Crippen molar-refractivity contribution in [2.75, 3.05) is 6.61 Å². The molecule has 0 saturated heterocycles. The number of hydrogen-bond donors (Lipinski definition) is 0. The van der Waals surface area contributed by atoms with E-state index in [9.17, 15) is 18.0 Å². The third-order valence-electron chi connectivity index (χ3n) is 6.88. The third kappa shape index (κ3) is 5.75. The second kappa shape index (κ2) is 10.3. The molecule has 0 aliphatic heterocycles. The van der Waals surface area contributed by atoms with Crippen LogP contribution in [0, 0.1) is 18.3 Å². The van der Waals surface area contributed by atoms with Crippen molar-refractivity contribution >= 4 is 21.9 Å². The predicted molar refractivity (Wildman–Crippen MR) is 119 cm³/mol. The summed E-state index contributed by atoms with van der Waals surface area (Å²) in [5, 5.41) is 0. The zero-order valence-corrected chi connectivity index (χ0v) is 20.2. The minimum absolute atomic E-state index is 0.0176. The Kier molecular flexibility index (Phi) is 8.45. The monoisotopic (exact) mass is 452 g/mol. The lowest BCUT2D eigenvalue weighted by atomic mass is 9.73. The van der Waals surface area contributed by atoms with Gasteiger partial charge in [-0.05, 0) is 64.5 Å². The Labute approximate surface area is 186 Å². The first kappa shape index (κ1) is 25.5. The van der Waals surface area contributed by atoms with Crippen molar-refractivity contribution in [2.24, 2.45) is 11.3 Å². The molecule has 1 aliphatic carbocycles. The van der Waals surface area contributed by atoms with Gasteiger partial charge >= 0.3 is 5.97 Å². The number of aryl methyl sites for hydroxylation is 1. The fourth-order valence-electron chi connectivity index (χ4n) is 4.25. The van der Waals surface area contributed by atoms with Gasteiger partial charge in [0.1, 0.15) is 16.8 Å². The van der Waals surface area contributed by atoms with E-state index in [-0.39, 0.29) is 10.8 Å². The Morgan fingerprint density at radius 1 is 1.03 bits per heavy atom. The molecule has 1 saturated carbocycles. The highest BCUT2D eigenvalue weighted by molar-refractivity contribution is 7.86. The van der Waals surface area contributed by atoms with Gasteiger partial charge in [-0.3, -0.25) is 13.8 Å². The average molecular weight is 453 g/mol. The van der Waals surface area contributed by atoms with Gasteiger partial charge in [-0.2, -0.15) is 8.42 Å². The molecule has 0 bridgehead atoms. The summed E-state index contributed by atoms with van der Waals surface area (Å²) in [4.78, 5) is 25.7. The number of Topliss-reactive ketones (excluding diaryl/α,β-unsaturated/α-hetero) is 1. The standard InChI is InChI=1S/C24H36O6S/c1-6-24(7-2,20-11-9-8-10-12-20)30-22(26)23(5,19(4)25)17-29-31(27,28)21-15-13-18(3)14-16-21/h13-16,20H,6-12,17H2,1-5H3. The van der Waals surface area contributed by atoms with E-state index in [1.165, 1.54) is 32.4 Å². The van der Waals surface area contributed by atoms with E-state index < -0.39 is 39.5 Å². The summed E-state index contributed by atoms with van der Waals surface area (Å²) in [7, 11) is -4.11. The molecular formula is C24H36O6S. The van der Waals surface area contributed by atoms with Gasteiger partial charge < -0.3 is 4.74 Å². The Balaban J connectivity index is 2.22. The summed E-state index contributed by atoms with van der Waals surface area (Å²) in [5.41, 5.74) is -1.44. The minimum Gasteiger partial charge on any atom is -0.458 e. The molecular weight excluding hydrogens is 416 g/mol. The maximum absolute atomic E-state index is 13.3.